The van der Waals surface area contributed by atoms with Gasteiger partial charge in [-0.1, -0.05) is 55.5 Å². The van der Waals surface area contributed by atoms with E-state index in [2.05, 4.69) is 5.32 Å². The number of rotatable bonds is 5. The van der Waals surface area contributed by atoms with E-state index in [1.807, 2.05) is 90.7 Å². The van der Waals surface area contributed by atoms with E-state index in [0.717, 1.165) is 41.8 Å². The first-order chi connectivity index (χ1) is 14.7. The number of aryl methyl sites for hydroxylation is 1. The fourth-order valence-electron chi connectivity index (χ4n) is 4.11. The molecule has 0 bridgehead atoms. The van der Waals surface area contributed by atoms with Gasteiger partial charge in [-0.2, -0.15) is 0 Å². The Morgan fingerprint density at radius 2 is 1.67 bits per heavy atom. The summed E-state index contributed by atoms with van der Waals surface area (Å²) in [5.74, 6) is -0.168. The monoisotopic (exact) mass is 398 g/mol. The summed E-state index contributed by atoms with van der Waals surface area (Å²) in [6.07, 6.45) is 2.54. The van der Waals surface area contributed by atoms with E-state index in [0.29, 0.717) is 12.1 Å². The van der Waals surface area contributed by atoms with Crippen LogP contribution in [0.2, 0.25) is 0 Å². The van der Waals surface area contributed by atoms with Crippen molar-refractivity contribution in [3.63, 3.8) is 0 Å². The van der Waals surface area contributed by atoms with Gasteiger partial charge in [0, 0.05) is 23.5 Å². The average Bonchev–Trinajstić information content (AvgIpc) is 2.80. The molecule has 3 aromatic rings. The topological polar surface area (TPSA) is 49.4 Å². The van der Waals surface area contributed by atoms with Gasteiger partial charge in [0.25, 0.3) is 5.91 Å². The van der Waals surface area contributed by atoms with Crippen LogP contribution in [0.15, 0.2) is 78.9 Å². The summed E-state index contributed by atoms with van der Waals surface area (Å²) in [5.41, 5.74) is 4.52. The molecule has 0 saturated carbocycles. The van der Waals surface area contributed by atoms with Crippen LogP contribution in [0.25, 0.3) is 0 Å². The first-order valence-electron chi connectivity index (χ1n) is 10.5. The molecule has 0 aliphatic carbocycles. The molecule has 1 atom stereocenters. The van der Waals surface area contributed by atoms with Crippen molar-refractivity contribution in [3.05, 3.63) is 95.6 Å². The van der Waals surface area contributed by atoms with Crippen molar-refractivity contribution in [2.45, 2.75) is 32.1 Å². The molecule has 1 aliphatic heterocycles. The van der Waals surface area contributed by atoms with Gasteiger partial charge in [-0.25, -0.2) is 0 Å². The van der Waals surface area contributed by atoms with Crippen LogP contribution in [0.5, 0.6) is 0 Å². The molecule has 1 heterocycles. The van der Waals surface area contributed by atoms with Crippen LogP contribution in [0, 0.1) is 0 Å². The van der Waals surface area contributed by atoms with Crippen LogP contribution in [-0.4, -0.2) is 18.4 Å². The summed E-state index contributed by atoms with van der Waals surface area (Å²) in [7, 11) is 0. The van der Waals surface area contributed by atoms with Gasteiger partial charge in [0.2, 0.25) is 5.91 Å². The highest BCUT2D eigenvalue weighted by Crippen LogP contribution is 2.31. The minimum atomic E-state index is -0.182. The molecule has 2 amide bonds. The van der Waals surface area contributed by atoms with Crippen LogP contribution < -0.4 is 10.2 Å². The lowest BCUT2D eigenvalue weighted by molar-refractivity contribution is -0.117. The molecule has 1 unspecified atom stereocenters. The van der Waals surface area contributed by atoms with E-state index < -0.39 is 0 Å². The highest BCUT2D eigenvalue weighted by molar-refractivity contribution is 6.07. The van der Waals surface area contributed by atoms with Crippen molar-refractivity contribution in [2.24, 2.45) is 0 Å². The zero-order chi connectivity index (χ0) is 20.9. The van der Waals surface area contributed by atoms with Crippen LogP contribution in [0.1, 0.15) is 47.2 Å². The molecular weight excluding hydrogens is 372 g/mol. The maximum atomic E-state index is 13.0. The van der Waals surface area contributed by atoms with Crippen LogP contribution in [0.3, 0.4) is 0 Å². The van der Waals surface area contributed by atoms with Gasteiger partial charge >= 0.3 is 0 Å². The molecular formula is C26H26N2O2. The third-order valence-corrected chi connectivity index (χ3v) is 5.66. The smallest absolute Gasteiger partial charge is 0.258 e. The van der Waals surface area contributed by atoms with Crippen molar-refractivity contribution in [3.8, 4) is 0 Å². The number of benzene rings is 3. The van der Waals surface area contributed by atoms with Crippen molar-refractivity contribution in [2.75, 3.05) is 16.8 Å². The predicted octanol–water partition coefficient (Wildman–Crippen LogP) is 5.41. The minimum Gasteiger partial charge on any atom is -0.326 e. The molecule has 30 heavy (non-hydrogen) atoms. The molecule has 0 spiro atoms. The van der Waals surface area contributed by atoms with Gasteiger partial charge in [-0.05, 0) is 60.7 Å². The fraction of sp³-hybridized carbons (Fsp3) is 0.231. The van der Waals surface area contributed by atoms with Gasteiger partial charge in [-0.3, -0.25) is 9.59 Å². The third kappa shape index (κ3) is 4.13. The molecule has 0 saturated heterocycles. The Bertz CT molecular complexity index is 1030. The van der Waals surface area contributed by atoms with Crippen molar-refractivity contribution in [1.29, 1.82) is 0 Å². The number of carbonyl (C=O) groups is 2. The maximum Gasteiger partial charge on any atom is 0.258 e. The number of hydrogen-bond donors (Lipinski definition) is 1. The number of fused-ring (bicyclic) bond motifs is 1. The Kier molecular flexibility index (Phi) is 5.94. The molecule has 0 radical (unpaired) electrons. The summed E-state index contributed by atoms with van der Waals surface area (Å²) in [5, 5.41) is 3.07. The Hall–Kier alpha value is -3.40. The molecule has 3 aromatic carbocycles. The zero-order valence-corrected chi connectivity index (χ0v) is 17.2. The first kappa shape index (κ1) is 19.9. The number of nitrogens with one attached hydrogen (secondary N) is 1. The Balaban J connectivity index is 1.54. The largest absolute Gasteiger partial charge is 0.326 e. The number of anilines is 2. The Morgan fingerprint density at radius 3 is 2.37 bits per heavy atom. The van der Waals surface area contributed by atoms with Crippen molar-refractivity contribution in [1.82, 2.24) is 0 Å². The van der Waals surface area contributed by atoms with Gasteiger partial charge < -0.3 is 10.2 Å². The third-order valence-electron chi connectivity index (χ3n) is 5.66. The fourth-order valence-corrected chi connectivity index (χ4v) is 4.11. The molecule has 0 fully saturated rings. The van der Waals surface area contributed by atoms with Crippen LogP contribution >= 0.6 is 0 Å². The summed E-state index contributed by atoms with van der Waals surface area (Å²) in [4.78, 5) is 27.7. The summed E-state index contributed by atoms with van der Waals surface area (Å²) in [6.45, 7) is 2.73. The molecule has 4 nitrogen and oxygen atoms in total. The van der Waals surface area contributed by atoms with E-state index in [1.165, 1.54) is 0 Å². The number of amides is 2. The average molecular weight is 399 g/mol. The number of hydrogen-bond acceptors (Lipinski definition) is 2. The predicted molar refractivity (Wildman–Crippen MR) is 121 cm³/mol. The molecule has 1 aliphatic rings. The standard InChI is InChI=1S/C26H26N2O2/c1-2-23(19-10-5-3-6-11-19)25(29)27-22-15-16-24-21(18-22)14-9-17-28(24)26(30)20-12-7-4-8-13-20/h3-8,10-13,15-16,18,23H,2,9,14,17H2,1H3,(H,27,29). The lowest BCUT2D eigenvalue weighted by atomic mass is 9.95. The second-order valence-electron chi connectivity index (χ2n) is 7.63. The van der Waals surface area contributed by atoms with Crippen LogP contribution in [-0.2, 0) is 11.2 Å². The molecule has 4 heteroatoms. The van der Waals surface area contributed by atoms with E-state index in [1.54, 1.807) is 0 Å². The quantitative estimate of drug-likeness (QED) is 0.624. The Labute approximate surface area is 177 Å². The number of carbonyl (C=O) groups excluding carboxylic acids is 2. The van der Waals surface area contributed by atoms with Gasteiger partial charge in [0.05, 0.1) is 5.92 Å². The van der Waals surface area contributed by atoms with E-state index in [4.69, 9.17) is 0 Å². The first-order valence-corrected chi connectivity index (χ1v) is 10.5. The van der Waals surface area contributed by atoms with Gasteiger partial charge in [0.15, 0.2) is 0 Å². The van der Waals surface area contributed by atoms with Crippen LogP contribution in [0.4, 0.5) is 11.4 Å². The van der Waals surface area contributed by atoms with Crippen molar-refractivity contribution < 1.29 is 9.59 Å². The summed E-state index contributed by atoms with van der Waals surface area (Å²) in [6, 6.07) is 25.1. The maximum absolute atomic E-state index is 13.0. The summed E-state index contributed by atoms with van der Waals surface area (Å²) < 4.78 is 0. The second kappa shape index (κ2) is 8.95. The molecule has 152 valence electrons. The van der Waals surface area contributed by atoms with E-state index >= 15 is 0 Å². The molecule has 0 aromatic heterocycles. The Morgan fingerprint density at radius 1 is 0.967 bits per heavy atom. The highest BCUT2D eigenvalue weighted by Gasteiger charge is 2.24. The normalized spacial score (nSPS) is 14.0. The minimum absolute atomic E-state index is 0.00308. The zero-order valence-electron chi connectivity index (χ0n) is 17.2. The highest BCUT2D eigenvalue weighted by atomic mass is 16.2. The van der Waals surface area contributed by atoms with Gasteiger partial charge in [-0.15, -0.1) is 0 Å². The SMILES string of the molecule is CCC(C(=O)Nc1ccc2c(c1)CCCN2C(=O)c1ccccc1)c1ccccc1. The van der Waals surface area contributed by atoms with E-state index in [-0.39, 0.29) is 17.7 Å². The molecule has 4 rings (SSSR count). The second-order valence-corrected chi connectivity index (χ2v) is 7.63. The molecule has 1 N–H and O–H groups in total. The van der Waals surface area contributed by atoms with Crippen molar-refractivity contribution >= 4 is 23.2 Å². The lowest BCUT2D eigenvalue weighted by Gasteiger charge is -2.30. The van der Waals surface area contributed by atoms with Gasteiger partial charge in [0.1, 0.15) is 0 Å². The number of nitrogens with zero attached hydrogens (tertiary/aromatic N) is 1. The van der Waals surface area contributed by atoms with E-state index in [9.17, 15) is 9.59 Å². The lowest BCUT2D eigenvalue weighted by Crippen LogP contribution is -2.35. The summed E-state index contributed by atoms with van der Waals surface area (Å²) >= 11 is 0.